The van der Waals surface area contributed by atoms with Crippen LogP contribution in [0.3, 0.4) is 0 Å². The molecule has 1 aliphatic heterocycles. The smallest absolute Gasteiger partial charge is 0.351 e. The van der Waals surface area contributed by atoms with Crippen LogP contribution in [-0.2, 0) is 25.3 Å². The number of carbonyl (C=O) groups excluding carboxylic acids is 1. The molecule has 1 aliphatic rings. The number of aromatic nitrogens is 2. The number of fused-ring (bicyclic) bond motifs is 1. The van der Waals surface area contributed by atoms with Crippen molar-refractivity contribution in [2.75, 3.05) is 6.54 Å². The standard InChI is InChI=1S/C20H21F6N3O/c1-2-3-6-27-18(30)16-11-29-10-12(4-5-17(29)28-16)13-7-14(19(21,22)23)9-15(8-13)20(24,25)26/h7-9,11-12H,2-6,10H2,1H3,(H,27,30). The normalized spacial score (nSPS) is 17.0. The van der Waals surface area contributed by atoms with Gasteiger partial charge < -0.3 is 9.88 Å². The maximum Gasteiger partial charge on any atom is 0.416 e. The van der Waals surface area contributed by atoms with E-state index in [4.69, 9.17) is 0 Å². The van der Waals surface area contributed by atoms with Gasteiger partial charge in [-0.1, -0.05) is 13.3 Å². The summed E-state index contributed by atoms with van der Waals surface area (Å²) in [5.41, 5.74) is -2.47. The van der Waals surface area contributed by atoms with E-state index in [9.17, 15) is 31.1 Å². The van der Waals surface area contributed by atoms with Crippen LogP contribution in [0, 0.1) is 0 Å². The fraction of sp³-hybridized carbons (Fsp3) is 0.500. The average molecular weight is 433 g/mol. The van der Waals surface area contributed by atoms with Crippen molar-refractivity contribution >= 4 is 5.91 Å². The number of nitrogens with one attached hydrogen (secondary N) is 1. The molecular formula is C20H21F6N3O. The number of rotatable bonds is 5. The third-order valence-corrected chi connectivity index (χ3v) is 5.12. The summed E-state index contributed by atoms with van der Waals surface area (Å²) in [7, 11) is 0. The number of hydrogen-bond acceptors (Lipinski definition) is 2. The van der Waals surface area contributed by atoms with Crippen LogP contribution in [-0.4, -0.2) is 22.0 Å². The van der Waals surface area contributed by atoms with Gasteiger partial charge in [-0.25, -0.2) is 4.98 Å². The molecule has 164 valence electrons. The maximum absolute atomic E-state index is 13.1. The molecule has 2 aromatic rings. The average Bonchev–Trinajstić information content (AvgIpc) is 3.10. The van der Waals surface area contributed by atoms with Gasteiger partial charge in [-0.05, 0) is 36.6 Å². The van der Waals surface area contributed by atoms with Crippen LogP contribution >= 0.6 is 0 Å². The Hall–Kier alpha value is -2.52. The molecule has 0 aliphatic carbocycles. The Bertz CT molecular complexity index is 884. The minimum absolute atomic E-state index is 0.0227. The first-order chi connectivity index (χ1) is 14.0. The molecule has 1 aromatic carbocycles. The van der Waals surface area contributed by atoms with Crippen LogP contribution in [0.4, 0.5) is 26.3 Å². The van der Waals surface area contributed by atoms with E-state index in [0.29, 0.717) is 25.2 Å². The van der Waals surface area contributed by atoms with Crippen LogP contribution in [0.2, 0.25) is 0 Å². The van der Waals surface area contributed by atoms with Crippen molar-refractivity contribution in [3.63, 3.8) is 0 Å². The van der Waals surface area contributed by atoms with Gasteiger partial charge in [-0.15, -0.1) is 0 Å². The van der Waals surface area contributed by atoms with Gasteiger partial charge in [0.05, 0.1) is 11.1 Å². The van der Waals surface area contributed by atoms with Gasteiger partial charge in [-0.3, -0.25) is 4.79 Å². The van der Waals surface area contributed by atoms with Crippen molar-refractivity contribution in [1.29, 1.82) is 0 Å². The molecular weight excluding hydrogens is 412 g/mol. The topological polar surface area (TPSA) is 46.9 Å². The maximum atomic E-state index is 13.1. The number of aryl methyl sites for hydroxylation is 1. The van der Waals surface area contributed by atoms with E-state index in [1.807, 2.05) is 6.92 Å². The van der Waals surface area contributed by atoms with Gasteiger partial charge >= 0.3 is 12.4 Å². The zero-order chi connectivity index (χ0) is 22.1. The van der Waals surface area contributed by atoms with Gasteiger partial charge in [0.2, 0.25) is 0 Å². The monoisotopic (exact) mass is 433 g/mol. The number of imidazole rings is 1. The molecule has 10 heteroatoms. The first kappa shape index (κ1) is 22.2. The summed E-state index contributed by atoms with van der Waals surface area (Å²) in [6.45, 7) is 2.65. The second-order valence-corrected chi connectivity index (χ2v) is 7.38. The molecule has 1 atom stereocenters. The summed E-state index contributed by atoms with van der Waals surface area (Å²) in [6, 6.07) is 1.69. The van der Waals surface area contributed by atoms with E-state index in [0.717, 1.165) is 25.0 Å². The highest BCUT2D eigenvalue weighted by molar-refractivity contribution is 5.92. The van der Waals surface area contributed by atoms with Gasteiger partial charge in [0.15, 0.2) is 0 Å². The number of amides is 1. The molecule has 2 heterocycles. The Balaban J connectivity index is 1.85. The van der Waals surface area contributed by atoms with Crippen LogP contribution in [0.25, 0.3) is 0 Å². The molecule has 1 unspecified atom stereocenters. The fourth-order valence-electron chi connectivity index (χ4n) is 3.51. The van der Waals surface area contributed by atoms with Gasteiger partial charge in [0.25, 0.3) is 5.91 Å². The quantitative estimate of drug-likeness (QED) is 0.522. The van der Waals surface area contributed by atoms with Crippen molar-refractivity contribution in [1.82, 2.24) is 14.9 Å². The fourth-order valence-corrected chi connectivity index (χ4v) is 3.51. The summed E-state index contributed by atoms with van der Waals surface area (Å²) in [5.74, 6) is -0.304. The number of halogens is 6. The number of nitrogens with zero attached hydrogens (tertiary/aromatic N) is 2. The molecule has 0 spiro atoms. The largest absolute Gasteiger partial charge is 0.416 e. The molecule has 0 saturated carbocycles. The zero-order valence-electron chi connectivity index (χ0n) is 16.2. The minimum atomic E-state index is -4.88. The first-order valence-electron chi connectivity index (χ1n) is 9.62. The lowest BCUT2D eigenvalue weighted by Crippen LogP contribution is -2.24. The van der Waals surface area contributed by atoms with Crippen molar-refractivity contribution in [3.8, 4) is 0 Å². The number of alkyl halides is 6. The molecule has 1 N–H and O–H groups in total. The number of benzene rings is 1. The molecule has 1 amide bonds. The lowest BCUT2D eigenvalue weighted by atomic mass is 9.89. The van der Waals surface area contributed by atoms with E-state index in [1.54, 1.807) is 4.57 Å². The van der Waals surface area contributed by atoms with Crippen LogP contribution in [0.5, 0.6) is 0 Å². The van der Waals surface area contributed by atoms with Crippen molar-refractivity contribution in [2.45, 2.75) is 57.4 Å². The second-order valence-electron chi connectivity index (χ2n) is 7.38. The van der Waals surface area contributed by atoms with Crippen molar-refractivity contribution in [3.05, 3.63) is 52.6 Å². The zero-order valence-corrected chi connectivity index (χ0v) is 16.2. The number of carbonyl (C=O) groups is 1. The molecule has 0 fully saturated rings. The predicted molar refractivity (Wildman–Crippen MR) is 97.0 cm³/mol. The van der Waals surface area contributed by atoms with Crippen LogP contribution in [0.15, 0.2) is 24.4 Å². The third-order valence-electron chi connectivity index (χ3n) is 5.12. The summed E-state index contributed by atoms with van der Waals surface area (Å²) in [5, 5.41) is 2.74. The number of unbranched alkanes of at least 4 members (excludes halogenated alkanes) is 1. The Labute approximate surface area is 169 Å². The van der Waals surface area contributed by atoms with Crippen molar-refractivity contribution < 1.29 is 31.1 Å². The van der Waals surface area contributed by atoms with Crippen LogP contribution in [0.1, 0.15) is 65.1 Å². The summed E-state index contributed by atoms with van der Waals surface area (Å²) in [4.78, 5) is 16.4. The van der Waals surface area contributed by atoms with E-state index in [1.165, 1.54) is 6.20 Å². The van der Waals surface area contributed by atoms with E-state index in [2.05, 4.69) is 10.3 Å². The van der Waals surface area contributed by atoms with Crippen molar-refractivity contribution in [2.24, 2.45) is 0 Å². The molecule has 30 heavy (non-hydrogen) atoms. The lowest BCUT2D eigenvalue weighted by Gasteiger charge is -2.25. The lowest BCUT2D eigenvalue weighted by molar-refractivity contribution is -0.143. The minimum Gasteiger partial charge on any atom is -0.351 e. The molecule has 1 aromatic heterocycles. The van der Waals surface area contributed by atoms with E-state index in [-0.39, 0.29) is 29.8 Å². The summed E-state index contributed by atoms with van der Waals surface area (Å²) < 4.78 is 80.4. The van der Waals surface area contributed by atoms with Gasteiger partial charge in [-0.2, -0.15) is 26.3 Å². The SMILES string of the molecule is CCCCNC(=O)c1cn2c(n1)CCC(c1cc(C(F)(F)F)cc(C(F)(F)F)c1)C2. The number of hydrogen-bond donors (Lipinski definition) is 1. The Kier molecular flexibility index (Phi) is 6.14. The molecule has 4 nitrogen and oxygen atoms in total. The molecule has 0 bridgehead atoms. The predicted octanol–water partition coefficient (Wildman–Crippen LogP) is 5.18. The highest BCUT2D eigenvalue weighted by Crippen LogP contribution is 2.39. The Morgan fingerprint density at radius 2 is 1.77 bits per heavy atom. The first-order valence-corrected chi connectivity index (χ1v) is 9.62. The third kappa shape index (κ3) is 4.96. The molecule has 0 radical (unpaired) electrons. The Morgan fingerprint density at radius 1 is 1.13 bits per heavy atom. The summed E-state index contributed by atoms with van der Waals surface area (Å²) in [6.07, 6.45) is -5.84. The highest BCUT2D eigenvalue weighted by Gasteiger charge is 2.38. The van der Waals surface area contributed by atoms with Gasteiger partial charge in [0.1, 0.15) is 11.5 Å². The van der Waals surface area contributed by atoms with E-state index < -0.39 is 29.4 Å². The van der Waals surface area contributed by atoms with E-state index >= 15 is 0 Å². The van der Waals surface area contributed by atoms with Gasteiger partial charge in [0, 0.05) is 31.6 Å². The molecule has 0 saturated heterocycles. The molecule has 3 rings (SSSR count). The second kappa shape index (κ2) is 8.31. The Morgan fingerprint density at radius 3 is 2.33 bits per heavy atom. The van der Waals surface area contributed by atoms with Crippen LogP contribution < -0.4 is 5.32 Å². The summed E-state index contributed by atoms with van der Waals surface area (Å²) >= 11 is 0. The highest BCUT2D eigenvalue weighted by atomic mass is 19.4.